The third-order valence-corrected chi connectivity index (χ3v) is 4.14. The summed E-state index contributed by atoms with van der Waals surface area (Å²) in [7, 11) is 1.35. The van der Waals surface area contributed by atoms with Gasteiger partial charge in [-0.3, -0.25) is 4.90 Å². The van der Waals surface area contributed by atoms with Gasteiger partial charge in [-0.2, -0.15) is 0 Å². The van der Waals surface area contributed by atoms with Gasteiger partial charge in [-0.1, -0.05) is 6.07 Å². The minimum atomic E-state index is -0.545. The summed E-state index contributed by atoms with van der Waals surface area (Å²) in [5, 5.41) is 0. The predicted molar refractivity (Wildman–Crippen MR) is 92.3 cm³/mol. The second kappa shape index (κ2) is 6.38. The Labute approximate surface area is 146 Å². The average molecular weight is 345 g/mol. The first kappa shape index (κ1) is 17.3. The van der Waals surface area contributed by atoms with Crippen LogP contribution in [0.2, 0.25) is 0 Å². The average Bonchev–Trinajstić information content (AvgIpc) is 3.17. The molecule has 134 valence electrons. The highest BCUT2D eigenvalue weighted by Crippen LogP contribution is 2.33. The van der Waals surface area contributed by atoms with Crippen molar-refractivity contribution in [2.45, 2.75) is 45.3 Å². The molecule has 1 aliphatic heterocycles. The second-order valence-electron chi connectivity index (χ2n) is 7.15. The van der Waals surface area contributed by atoms with Crippen molar-refractivity contribution in [3.05, 3.63) is 29.6 Å². The number of benzene rings is 1. The van der Waals surface area contributed by atoms with Gasteiger partial charge in [0.15, 0.2) is 0 Å². The van der Waals surface area contributed by atoms with E-state index in [-0.39, 0.29) is 12.1 Å². The number of carbonyl (C=O) groups excluding carboxylic acids is 2. The van der Waals surface area contributed by atoms with Gasteiger partial charge in [-0.05, 0) is 45.7 Å². The van der Waals surface area contributed by atoms with Crippen molar-refractivity contribution < 1.29 is 19.1 Å². The van der Waals surface area contributed by atoms with Gasteiger partial charge in [0.2, 0.25) is 0 Å². The number of imidazole rings is 1. The molecule has 0 spiro atoms. The number of nitrogens with one attached hydrogen (secondary N) is 1. The highest BCUT2D eigenvalue weighted by molar-refractivity contribution is 6.01. The number of para-hydroxylation sites is 1. The van der Waals surface area contributed by atoms with Gasteiger partial charge in [0.25, 0.3) is 0 Å². The molecular weight excluding hydrogens is 322 g/mol. The molecule has 0 aliphatic carbocycles. The minimum absolute atomic E-state index is 0.187. The molecule has 3 rings (SSSR count). The lowest BCUT2D eigenvalue weighted by Gasteiger charge is -2.27. The zero-order chi connectivity index (χ0) is 18.2. The van der Waals surface area contributed by atoms with Gasteiger partial charge in [0.1, 0.15) is 11.4 Å². The normalized spacial score (nSPS) is 17.8. The molecule has 1 aromatic carbocycles. The lowest BCUT2D eigenvalue weighted by molar-refractivity contribution is 0.0218. The molecule has 1 atom stereocenters. The number of ether oxygens (including phenoxy) is 2. The summed E-state index contributed by atoms with van der Waals surface area (Å²) in [4.78, 5) is 33.9. The van der Waals surface area contributed by atoms with Crippen LogP contribution in [0.15, 0.2) is 18.2 Å². The molecule has 1 aliphatic rings. The quantitative estimate of drug-likeness (QED) is 0.843. The zero-order valence-electron chi connectivity index (χ0n) is 15.0. The molecule has 1 aromatic heterocycles. The Morgan fingerprint density at radius 2 is 2.08 bits per heavy atom. The van der Waals surface area contributed by atoms with Gasteiger partial charge in [-0.15, -0.1) is 0 Å². The lowest BCUT2D eigenvalue weighted by Crippen LogP contribution is -2.36. The van der Waals surface area contributed by atoms with E-state index in [2.05, 4.69) is 9.97 Å². The van der Waals surface area contributed by atoms with E-state index in [0.29, 0.717) is 29.0 Å². The molecule has 0 bridgehead atoms. The number of aromatic nitrogens is 2. The third-order valence-electron chi connectivity index (χ3n) is 4.14. The highest BCUT2D eigenvalue weighted by atomic mass is 16.6. The fourth-order valence-electron chi connectivity index (χ4n) is 3.08. The number of rotatable bonds is 2. The number of aromatic amines is 1. The number of carbonyl (C=O) groups is 2. The van der Waals surface area contributed by atoms with E-state index in [9.17, 15) is 9.59 Å². The maximum Gasteiger partial charge on any atom is 0.410 e. The fraction of sp³-hybridized carbons (Fsp3) is 0.500. The maximum absolute atomic E-state index is 12.5. The largest absolute Gasteiger partial charge is 0.465 e. The van der Waals surface area contributed by atoms with E-state index < -0.39 is 11.6 Å². The Morgan fingerprint density at radius 3 is 2.76 bits per heavy atom. The van der Waals surface area contributed by atoms with Crippen molar-refractivity contribution in [3.63, 3.8) is 0 Å². The number of fused-ring (bicyclic) bond motifs is 1. The summed E-state index contributed by atoms with van der Waals surface area (Å²) in [5.41, 5.74) is 1.19. The monoisotopic (exact) mass is 345 g/mol. The van der Waals surface area contributed by atoms with Crippen LogP contribution in [0.4, 0.5) is 4.79 Å². The summed E-state index contributed by atoms with van der Waals surface area (Å²) in [6.45, 7) is 6.17. The van der Waals surface area contributed by atoms with E-state index in [0.717, 1.165) is 12.8 Å². The van der Waals surface area contributed by atoms with E-state index in [4.69, 9.17) is 9.47 Å². The summed E-state index contributed by atoms with van der Waals surface area (Å²) in [6, 6.07) is 5.09. The Hall–Kier alpha value is -2.57. The number of amides is 1. The van der Waals surface area contributed by atoms with Crippen LogP contribution in [0.1, 0.15) is 55.8 Å². The number of methoxy groups -OCH3 is 1. The van der Waals surface area contributed by atoms with E-state index in [1.165, 1.54) is 7.11 Å². The number of H-pyrrole nitrogens is 1. The molecule has 0 saturated carbocycles. The van der Waals surface area contributed by atoms with Crippen molar-refractivity contribution in [1.82, 2.24) is 14.9 Å². The number of nitrogens with zero attached hydrogens (tertiary/aromatic N) is 2. The van der Waals surface area contributed by atoms with Gasteiger partial charge < -0.3 is 14.5 Å². The van der Waals surface area contributed by atoms with Gasteiger partial charge in [0.05, 0.1) is 29.7 Å². The molecule has 1 amide bonds. The van der Waals surface area contributed by atoms with Crippen LogP contribution in [0, 0.1) is 0 Å². The van der Waals surface area contributed by atoms with Crippen molar-refractivity contribution in [1.29, 1.82) is 0 Å². The molecule has 7 nitrogen and oxygen atoms in total. The summed E-state index contributed by atoms with van der Waals surface area (Å²) in [6.07, 6.45) is 1.33. The highest BCUT2D eigenvalue weighted by Gasteiger charge is 2.35. The molecule has 1 fully saturated rings. The predicted octanol–water partition coefficient (Wildman–Crippen LogP) is 3.42. The Kier molecular flexibility index (Phi) is 4.41. The topological polar surface area (TPSA) is 84.5 Å². The van der Waals surface area contributed by atoms with Crippen molar-refractivity contribution in [2.75, 3.05) is 13.7 Å². The molecule has 1 unspecified atom stereocenters. The summed E-state index contributed by atoms with van der Waals surface area (Å²) < 4.78 is 10.3. The Bertz CT molecular complexity index is 806. The van der Waals surface area contributed by atoms with Crippen LogP contribution < -0.4 is 0 Å². The summed E-state index contributed by atoms with van der Waals surface area (Å²) in [5.74, 6) is 0.242. The van der Waals surface area contributed by atoms with E-state index in [1.54, 1.807) is 17.0 Å². The minimum Gasteiger partial charge on any atom is -0.465 e. The van der Waals surface area contributed by atoms with Crippen LogP contribution in [0.3, 0.4) is 0 Å². The smallest absolute Gasteiger partial charge is 0.410 e. The standard InChI is InChI=1S/C18H23N3O4/c1-18(2,3)25-17(23)21-10-6-9-13(21)15-19-12-8-5-7-11(14(12)20-15)16(22)24-4/h5,7-8,13H,6,9-10H2,1-4H3,(H,19,20). The van der Waals surface area contributed by atoms with Crippen molar-refractivity contribution in [2.24, 2.45) is 0 Å². The fourth-order valence-corrected chi connectivity index (χ4v) is 3.08. The number of likely N-dealkylation sites (tertiary alicyclic amines) is 1. The molecule has 7 heteroatoms. The molecule has 2 aromatic rings. The third kappa shape index (κ3) is 3.45. The van der Waals surface area contributed by atoms with Gasteiger partial charge >= 0.3 is 12.1 Å². The molecule has 2 heterocycles. The van der Waals surface area contributed by atoms with Gasteiger partial charge in [-0.25, -0.2) is 14.6 Å². The summed E-state index contributed by atoms with van der Waals surface area (Å²) >= 11 is 0. The molecular formula is C18H23N3O4. The molecule has 0 radical (unpaired) electrons. The first-order chi connectivity index (χ1) is 11.8. The number of esters is 1. The SMILES string of the molecule is COC(=O)c1cccc2nc(C3CCCN3C(=O)OC(C)(C)C)[nH]c12. The van der Waals surface area contributed by atoms with E-state index in [1.807, 2.05) is 26.8 Å². The zero-order valence-corrected chi connectivity index (χ0v) is 15.0. The Balaban J connectivity index is 1.93. The maximum atomic E-state index is 12.5. The Morgan fingerprint density at radius 1 is 1.32 bits per heavy atom. The second-order valence-corrected chi connectivity index (χ2v) is 7.15. The first-order valence-electron chi connectivity index (χ1n) is 8.37. The van der Waals surface area contributed by atoms with E-state index >= 15 is 0 Å². The first-order valence-corrected chi connectivity index (χ1v) is 8.37. The lowest BCUT2D eigenvalue weighted by atomic mass is 10.2. The van der Waals surface area contributed by atoms with Crippen LogP contribution in [0.25, 0.3) is 11.0 Å². The molecule has 1 N–H and O–H groups in total. The number of hydrogen-bond donors (Lipinski definition) is 1. The van der Waals surface area contributed by atoms with Crippen LogP contribution in [-0.4, -0.2) is 46.2 Å². The molecule has 25 heavy (non-hydrogen) atoms. The van der Waals surface area contributed by atoms with Crippen molar-refractivity contribution >= 4 is 23.1 Å². The van der Waals surface area contributed by atoms with Crippen LogP contribution in [0.5, 0.6) is 0 Å². The van der Waals surface area contributed by atoms with Crippen LogP contribution >= 0.6 is 0 Å². The van der Waals surface area contributed by atoms with Gasteiger partial charge in [0, 0.05) is 6.54 Å². The van der Waals surface area contributed by atoms with Crippen molar-refractivity contribution in [3.8, 4) is 0 Å². The molecule has 1 saturated heterocycles. The van der Waals surface area contributed by atoms with Crippen LogP contribution in [-0.2, 0) is 9.47 Å². The number of hydrogen-bond acceptors (Lipinski definition) is 5.